The van der Waals surface area contributed by atoms with Crippen LogP contribution in [-0.4, -0.2) is 69.9 Å². The number of hydrogen-bond acceptors (Lipinski definition) is 9. The highest BCUT2D eigenvalue weighted by atomic mass is 16.7. The topological polar surface area (TPSA) is 140 Å². The second-order valence-corrected chi connectivity index (χ2v) is 13.2. The Morgan fingerprint density at radius 3 is 2.45 bits per heavy atom. The summed E-state index contributed by atoms with van der Waals surface area (Å²) in [6, 6.07) is 0. The van der Waals surface area contributed by atoms with Gasteiger partial charge in [-0.2, -0.15) is 0 Å². The van der Waals surface area contributed by atoms with E-state index in [1.165, 1.54) is 6.08 Å². The summed E-state index contributed by atoms with van der Waals surface area (Å²) >= 11 is 0. The van der Waals surface area contributed by atoms with Crippen LogP contribution >= 0.6 is 0 Å². The third-order valence-electron chi connectivity index (χ3n) is 11.3. The smallest absolute Gasteiger partial charge is 0.348 e. The third-order valence-corrected chi connectivity index (χ3v) is 11.3. The summed E-state index contributed by atoms with van der Waals surface area (Å²) in [5, 5.41) is 34.7. The number of aliphatic hydroxyl groups is 3. The fraction of sp³-hybridized carbons (Fsp3) is 0.759. The Morgan fingerprint density at radius 2 is 1.82 bits per heavy atom. The summed E-state index contributed by atoms with van der Waals surface area (Å²) < 4.78 is 17.9. The molecule has 2 saturated heterocycles. The Kier molecular flexibility index (Phi) is 5.10. The molecule has 0 amide bonds. The molecule has 3 N–H and O–H groups in total. The van der Waals surface area contributed by atoms with E-state index in [0.29, 0.717) is 18.3 Å². The highest BCUT2D eigenvalue weighted by Crippen LogP contribution is 2.73. The number of rotatable bonds is 4. The standard InChI is InChI=1S/C29H36O9/c1-12-8-18(30)24(33)27(3)17(12)10-19-28-11-36-29(35,26(27)28)23(32)13(2)21(28)22(25(34)37-19)38-20(31)9-16(14-4-5-14)15-6-7-15/h8-9,13-15,17,19,21-24,26,32-33,35H,4-7,10-11H2,1-3H3/t13-,17+,19-,21-,22-,23-,24-,26-,27-,28+,29-/m1/s1. The lowest BCUT2D eigenvalue weighted by molar-refractivity contribution is -0.339. The zero-order chi connectivity index (χ0) is 26.9. The van der Waals surface area contributed by atoms with Gasteiger partial charge in [-0.05, 0) is 68.8 Å². The van der Waals surface area contributed by atoms with E-state index >= 15 is 0 Å². The van der Waals surface area contributed by atoms with Gasteiger partial charge in [0.25, 0.3) is 0 Å². The molecular weight excluding hydrogens is 492 g/mol. The lowest BCUT2D eigenvalue weighted by atomic mass is 9.38. The van der Waals surface area contributed by atoms with E-state index in [2.05, 4.69) is 0 Å². The molecular formula is C29H36O9. The molecule has 0 radical (unpaired) electrons. The molecule has 9 nitrogen and oxygen atoms in total. The maximum Gasteiger partial charge on any atom is 0.348 e. The monoisotopic (exact) mass is 528 g/mol. The van der Waals surface area contributed by atoms with Crippen molar-refractivity contribution in [2.45, 2.75) is 83.1 Å². The minimum Gasteiger partial charge on any atom is -0.459 e. The zero-order valence-electron chi connectivity index (χ0n) is 22.0. The molecule has 9 heteroatoms. The molecule has 2 aliphatic heterocycles. The molecule has 0 unspecified atom stereocenters. The summed E-state index contributed by atoms with van der Waals surface area (Å²) in [5.41, 5.74) is -0.425. The maximum atomic E-state index is 13.5. The average molecular weight is 529 g/mol. The third kappa shape index (κ3) is 2.99. The van der Waals surface area contributed by atoms with E-state index in [1.807, 2.05) is 0 Å². The van der Waals surface area contributed by atoms with Crippen molar-refractivity contribution in [2.24, 2.45) is 46.3 Å². The van der Waals surface area contributed by atoms with Crippen LogP contribution in [0.3, 0.4) is 0 Å². The summed E-state index contributed by atoms with van der Waals surface area (Å²) in [6.45, 7) is 5.23. The lowest BCUT2D eigenvalue weighted by Gasteiger charge is -2.68. The van der Waals surface area contributed by atoms with Crippen molar-refractivity contribution in [1.29, 1.82) is 0 Å². The second kappa shape index (κ2) is 7.77. The highest BCUT2D eigenvalue weighted by Gasteiger charge is 2.83. The van der Waals surface area contributed by atoms with Gasteiger partial charge in [0.2, 0.25) is 6.10 Å². The van der Waals surface area contributed by atoms with Crippen LogP contribution in [0.5, 0.6) is 0 Å². The molecule has 0 aromatic heterocycles. The fourth-order valence-electron chi connectivity index (χ4n) is 9.43. The second-order valence-electron chi connectivity index (χ2n) is 13.2. The molecule has 2 bridgehead atoms. The van der Waals surface area contributed by atoms with Crippen LogP contribution in [0.25, 0.3) is 0 Å². The van der Waals surface area contributed by atoms with Crippen molar-refractivity contribution in [3.05, 3.63) is 23.3 Å². The van der Waals surface area contributed by atoms with Gasteiger partial charge in [0.15, 0.2) is 11.6 Å². The normalized spacial score (nSPS) is 50.8. The van der Waals surface area contributed by atoms with Crippen LogP contribution in [0.15, 0.2) is 23.3 Å². The molecule has 38 heavy (non-hydrogen) atoms. The van der Waals surface area contributed by atoms with E-state index in [4.69, 9.17) is 14.2 Å². The number of allylic oxidation sites excluding steroid dienone is 2. The first-order valence-corrected chi connectivity index (χ1v) is 14.0. The minimum absolute atomic E-state index is 0.0521. The van der Waals surface area contributed by atoms with E-state index in [9.17, 15) is 29.7 Å². The van der Waals surface area contributed by atoms with Crippen molar-refractivity contribution in [2.75, 3.05) is 6.61 Å². The highest BCUT2D eigenvalue weighted by molar-refractivity contribution is 5.96. The summed E-state index contributed by atoms with van der Waals surface area (Å²) in [4.78, 5) is 39.6. The van der Waals surface area contributed by atoms with Gasteiger partial charge >= 0.3 is 11.9 Å². The van der Waals surface area contributed by atoms with Gasteiger partial charge in [-0.15, -0.1) is 0 Å². The number of carbonyl (C=O) groups is 3. The first kappa shape index (κ1) is 24.9. The van der Waals surface area contributed by atoms with Crippen LogP contribution in [0.1, 0.15) is 52.9 Å². The van der Waals surface area contributed by atoms with Crippen LogP contribution in [0.4, 0.5) is 0 Å². The number of fused-ring (bicyclic) bond motifs is 1. The van der Waals surface area contributed by atoms with Crippen LogP contribution in [0, 0.1) is 46.3 Å². The van der Waals surface area contributed by atoms with Crippen LogP contribution < -0.4 is 0 Å². The average Bonchev–Trinajstić information content (AvgIpc) is 3.78. The predicted octanol–water partition coefficient (Wildman–Crippen LogP) is 1.43. The molecule has 4 saturated carbocycles. The summed E-state index contributed by atoms with van der Waals surface area (Å²) in [6.07, 6.45) is 2.66. The molecule has 6 fully saturated rings. The molecule has 11 atom stereocenters. The maximum absolute atomic E-state index is 13.5. The Bertz CT molecular complexity index is 1170. The first-order valence-electron chi connectivity index (χ1n) is 14.0. The van der Waals surface area contributed by atoms with Gasteiger partial charge in [0, 0.05) is 28.7 Å². The van der Waals surface area contributed by atoms with Gasteiger partial charge in [0.05, 0.1) is 6.61 Å². The summed E-state index contributed by atoms with van der Waals surface area (Å²) in [5.74, 6) is -5.72. The number of aliphatic hydroxyl groups excluding tert-OH is 2. The van der Waals surface area contributed by atoms with Gasteiger partial charge in [-0.25, -0.2) is 9.59 Å². The van der Waals surface area contributed by atoms with Crippen molar-refractivity contribution in [1.82, 2.24) is 0 Å². The van der Waals surface area contributed by atoms with Crippen LogP contribution in [-0.2, 0) is 28.6 Å². The Labute approximate surface area is 221 Å². The Morgan fingerprint density at radius 1 is 1.16 bits per heavy atom. The first-order chi connectivity index (χ1) is 17.9. The lowest BCUT2D eigenvalue weighted by Crippen LogP contribution is -2.78. The van der Waals surface area contributed by atoms with Crippen molar-refractivity contribution in [3.8, 4) is 0 Å². The number of hydrogen-bond donors (Lipinski definition) is 3. The molecule has 2 heterocycles. The van der Waals surface area contributed by atoms with Crippen molar-refractivity contribution < 1.29 is 43.9 Å². The molecule has 1 spiro atoms. The Hall–Kier alpha value is -2.07. The molecule has 0 aromatic carbocycles. The van der Waals surface area contributed by atoms with Gasteiger partial charge < -0.3 is 29.5 Å². The van der Waals surface area contributed by atoms with E-state index < -0.39 is 76.5 Å². The van der Waals surface area contributed by atoms with Gasteiger partial charge in [-0.3, -0.25) is 4.79 Å². The van der Waals surface area contributed by atoms with E-state index in [0.717, 1.165) is 36.8 Å². The van der Waals surface area contributed by atoms with Gasteiger partial charge in [0.1, 0.15) is 18.3 Å². The minimum atomic E-state index is -2.07. The summed E-state index contributed by atoms with van der Waals surface area (Å²) in [7, 11) is 0. The number of carbonyl (C=O) groups excluding carboxylic acids is 3. The van der Waals surface area contributed by atoms with E-state index in [-0.39, 0.29) is 12.5 Å². The van der Waals surface area contributed by atoms with Gasteiger partial charge in [-0.1, -0.05) is 25.0 Å². The quantitative estimate of drug-likeness (QED) is 0.365. The number of ether oxygens (including phenoxy) is 3. The molecule has 5 aliphatic carbocycles. The van der Waals surface area contributed by atoms with Crippen molar-refractivity contribution >= 4 is 17.7 Å². The molecule has 206 valence electrons. The SMILES string of the molecule is CC1=CC(=O)[C@@H](O)[C@]2(C)[C@H]3[C@]4(O)OC[C@]35[C@H]([C@@H](C)[C@H]4O)[C@@H](OC(=O)C=C(C3CC3)C3CC3)C(=O)O[C@@H]5C[C@@H]12. The predicted molar refractivity (Wildman–Crippen MR) is 130 cm³/mol. The number of esters is 2. The number of ketones is 1. The van der Waals surface area contributed by atoms with Crippen LogP contribution in [0.2, 0.25) is 0 Å². The van der Waals surface area contributed by atoms with E-state index in [1.54, 1.807) is 26.8 Å². The molecule has 0 aromatic rings. The zero-order valence-corrected chi connectivity index (χ0v) is 22.0. The Balaban J connectivity index is 1.32. The largest absolute Gasteiger partial charge is 0.459 e. The fourth-order valence-corrected chi connectivity index (χ4v) is 9.43. The van der Waals surface area contributed by atoms with Crippen molar-refractivity contribution in [3.63, 3.8) is 0 Å². The molecule has 7 aliphatic rings. The molecule has 7 rings (SSSR count).